The van der Waals surface area contributed by atoms with E-state index in [4.69, 9.17) is 9.47 Å². The van der Waals surface area contributed by atoms with Crippen LogP contribution in [0.3, 0.4) is 0 Å². The second-order valence-electron chi connectivity index (χ2n) is 6.31. The highest BCUT2D eigenvalue weighted by Crippen LogP contribution is 2.26. The molecule has 0 aromatic heterocycles. The number of morpholine rings is 1. The topological polar surface area (TPSA) is 62.8 Å². The average molecular weight is 355 g/mol. The van der Waals surface area contributed by atoms with Crippen LogP contribution in [0.15, 0.2) is 42.5 Å². The van der Waals surface area contributed by atoms with Crippen LogP contribution in [0.4, 0.5) is 16.2 Å². The molecule has 6 heteroatoms. The summed E-state index contributed by atoms with van der Waals surface area (Å²) in [4.78, 5) is 14.4. The fourth-order valence-corrected chi connectivity index (χ4v) is 2.97. The van der Waals surface area contributed by atoms with Crippen LogP contribution < -0.4 is 20.3 Å². The molecule has 138 valence electrons. The lowest BCUT2D eigenvalue weighted by atomic mass is 10.1. The maximum atomic E-state index is 12.2. The summed E-state index contributed by atoms with van der Waals surface area (Å²) in [6, 6.07) is 13.4. The zero-order valence-electron chi connectivity index (χ0n) is 15.2. The summed E-state index contributed by atoms with van der Waals surface area (Å²) in [5, 5.41) is 5.64. The summed E-state index contributed by atoms with van der Waals surface area (Å²) in [5.74, 6) is 0.768. The minimum atomic E-state index is -0.296. The number of para-hydroxylation sites is 2. The molecule has 1 aliphatic heterocycles. The molecule has 0 radical (unpaired) electrons. The van der Waals surface area contributed by atoms with Crippen molar-refractivity contribution in [3.63, 3.8) is 0 Å². The number of benzene rings is 2. The number of hydrogen-bond donors (Lipinski definition) is 2. The molecule has 0 unspecified atom stereocenters. The number of carbonyl (C=O) groups is 1. The fourth-order valence-electron chi connectivity index (χ4n) is 2.97. The van der Waals surface area contributed by atoms with Gasteiger partial charge in [0.2, 0.25) is 0 Å². The van der Waals surface area contributed by atoms with Crippen LogP contribution in [0.25, 0.3) is 0 Å². The maximum Gasteiger partial charge on any atom is 0.321 e. The van der Waals surface area contributed by atoms with E-state index in [1.807, 2.05) is 56.3 Å². The van der Waals surface area contributed by atoms with Crippen LogP contribution in [0.5, 0.6) is 5.75 Å². The highest BCUT2D eigenvalue weighted by Gasteiger charge is 2.15. The van der Waals surface area contributed by atoms with Gasteiger partial charge >= 0.3 is 6.03 Å². The third-order valence-electron chi connectivity index (χ3n) is 4.29. The van der Waals surface area contributed by atoms with Gasteiger partial charge in [-0.3, -0.25) is 0 Å². The third-order valence-corrected chi connectivity index (χ3v) is 4.29. The van der Waals surface area contributed by atoms with E-state index in [1.165, 1.54) is 5.56 Å². The molecular formula is C20H25N3O3. The Kier molecular flexibility index (Phi) is 5.96. The molecule has 2 aromatic carbocycles. The van der Waals surface area contributed by atoms with Gasteiger partial charge in [-0.15, -0.1) is 0 Å². The maximum absolute atomic E-state index is 12.2. The molecule has 2 N–H and O–H groups in total. The van der Waals surface area contributed by atoms with Crippen molar-refractivity contribution in [2.75, 3.05) is 43.3 Å². The number of rotatable bonds is 5. The number of carbonyl (C=O) groups excluding carboxylic acids is 1. The van der Waals surface area contributed by atoms with Crippen LogP contribution in [0.2, 0.25) is 0 Å². The van der Waals surface area contributed by atoms with Crippen molar-refractivity contribution < 1.29 is 14.3 Å². The standard InChI is InChI=1S/C20H25N3O3/c1-15-7-8-19(16(2)13-15)26-14-21-20(24)22-17-5-3-4-6-18(17)23-9-11-25-12-10-23/h3-8,13H,9-12,14H2,1-2H3,(H2,21,22,24). The molecule has 1 fully saturated rings. The van der Waals surface area contributed by atoms with Crippen molar-refractivity contribution in [2.24, 2.45) is 0 Å². The van der Waals surface area contributed by atoms with Gasteiger partial charge in [0, 0.05) is 13.1 Å². The number of aryl methyl sites for hydroxylation is 2. The largest absolute Gasteiger partial charge is 0.473 e. The molecule has 1 saturated heterocycles. The van der Waals surface area contributed by atoms with E-state index in [1.54, 1.807) is 0 Å². The van der Waals surface area contributed by atoms with Gasteiger partial charge in [0.05, 0.1) is 24.6 Å². The zero-order chi connectivity index (χ0) is 18.4. The molecule has 0 saturated carbocycles. The van der Waals surface area contributed by atoms with E-state index < -0.39 is 0 Å². The summed E-state index contributed by atoms with van der Waals surface area (Å²) in [6.07, 6.45) is 0. The van der Waals surface area contributed by atoms with E-state index in [2.05, 4.69) is 15.5 Å². The van der Waals surface area contributed by atoms with Crippen LogP contribution in [-0.4, -0.2) is 39.1 Å². The van der Waals surface area contributed by atoms with Crippen LogP contribution in [0, 0.1) is 13.8 Å². The monoisotopic (exact) mass is 355 g/mol. The van der Waals surface area contributed by atoms with Gasteiger partial charge in [-0.25, -0.2) is 4.79 Å². The Morgan fingerprint density at radius 3 is 2.69 bits per heavy atom. The van der Waals surface area contributed by atoms with Gasteiger partial charge in [-0.05, 0) is 37.6 Å². The second-order valence-corrected chi connectivity index (χ2v) is 6.31. The third kappa shape index (κ3) is 4.67. The molecule has 0 atom stereocenters. The fraction of sp³-hybridized carbons (Fsp3) is 0.350. The summed E-state index contributed by atoms with van der Waals surface area (Å²) >= 11 is 0. The predicted octanol–water partition coefficient (Wildman–Crippen LogP) is 3.30. The molecule has 6 nitrogen and oxygen atoms in total. The van der Waals surface area contributed by atoms with E-state index in [0.717, 1.165) is 35.8 Å². The lowest BCUT2D eigenvalue weighted by Gasteiger charge is -2.30. The highest BCUT2D eigenvalue weighted by atomic mass is 16.5. The summed E-state index contributed by atoms with van der Waals surface area (Å²) in [7, 11) is 0. The normalized spacial score (nSPS) is 14.0. The zero-order valence-corrected chi connectivity index (χ0v) is 15.2. The molecule has 1 heterocycles. The van der Waals surface area contributed by atoms with E-state index >= 15 is 0 Å². The minimum Gasteiger partial charge on any atom is -0.473 e. The molecule has 3 rings (SSSR count). The van der Waals surface area contributed by atoms with Crippen LogP contribution >= 0.6 is 0 Å². The second kappa shape index (κ2) is 8.58. The van der Waals surface area contributed by atoms with Gasteiger partial charge in [0.1, 0.15) is 5.75 Å². The quantitative estimate of drug-likeness (QED) is 0.808. The van der Waals surface area contributed by atoms with E-state index in [-0.39, 0.29) is 12.8 Å². The van der Waals surface area contributed by atoms with Crippen molar-refractivity contribution in [1.29, 1.82) is 0 Å². The Morgan fingerprint density at radius 1 is 1.15 bits per heavy atom. The lowest BCUT2D eigenvalue weighted by molar-refractivity contribution is 0.123. The van der Waals surface area contributed by atoms with Crippen molar-refractivity contribution in [2.45, 2.75) is 13.8 Å². The molecule has 0 spiro atoms. The number of amides is 2. The molecule has 26 heavy (non-hydrogen) atoms. The van der Waals surface area contributed by atoms with Crippen molar-refractivity contribution in [3.05, 3.63) is 53.6 Å². The predicted molar refractivity (Wildman–Crippen MR) is 103 cm³/mol. The number of hydrogen-bond acceptors (Lipinski definition) is 4. The van der Waals surface area contributed by atoms with E-state index in [0.29, 0.717) is 13.2 Å². The van der Waals surface area contributed by atoms with Gasteiger partial charge in [-0.1, -0.05) is 29.8 Å². The molecule has 0 bridgehead atoms. The first-order chi connectivity index (χ1) is 12.6. The van der Waals surface area contributed by atoms with Crippen molar-refractivity contribution >= 4 is 17.4 Å². The van der Waals surface area contributed by atoms with Crippen molar-refractivity contribution in [3.8, 4) is 5.75 Å². The van der Waals surface area contributed by atoms with Crippen LogP contribution in [-0.2, 0) is 4.74 Å². The average Bonchev–Trinajstić information content (AvgIpc) is 2.65. The first-order valence-electron chi connectivity index (χ1n) is 8.80. The van der Waals surface area contributed by atoms with Gasteiger partial charge < -0.3 is 25.0 Å². The minimum absolute atomic E-state index is 0.107. The summed E-state index contributed by atoms with van der Waals surface area (Å²) < 4.78 is 11.0. The molecule has 2 amide bonds. The van der Waals surface area contributed by atoms with Crippen molar-refractivity contribution in [1.82, 2.24) is 5.32 Å². The first kappa shape index (κ1) is 18.1. The number of ether oxygens (including phenoxy) is 2. The van der Waals surface area contributed by atoms with Gasteiger partial charge in [0.25, 0.3) is 0 Å². The van der Waals surface area contributed by atoms with Crippen LogP contribution in [0.1, 0.15) is 11.1 Å². The van der Waals surface area contributed by atoms with E-state index in [9.17, 15) is 4.79 Å². The Labute approximate surface area is 154 Å². The Hall–Kier alpha value is -2.73. The summed E-state index contributed by atoms with van der Waals surface area (Å²) in [6.45, 7) is 7.16. The molecule has 2 aromatic rings. The SMILES string of the molecule is Cc1ccc(OCNC(=O)Nc2ccccc2N2CCOCC2)c(C)c1. The molecular weight excluding hydrogens is 330 g/mol. The number of urea groups is 1. The number of anilines is 2. The smallest absolute Gasteiger partial charge is 0.321 e. The van der Waals surface area contributed by atoms with Gasteiger partial charge in [0.15, 0.2) is 6.73 Å². The Balaban J connectivity index is 1.55. The number of nitrogens with one attached hydrogen (secondary N) is 2. The Bertz CT molecular complexity index is 758. The Morgan fingerprint density at radius 2 is 1.92 bits per heavy atom. The van der Waals surface area contributed by atoms with Gasteiger partial charge in [-0.2, -0.15) is 0 Å². The molecule has 1 aliphatic rings. The molecule has 0 aliphatic carbocycles. The highest BCUT2D eigenvalue weighted by molar-refractivity contribution is 5.93. The first-order valence-corrected chi connectivity index (χ1v) is 8.80. The number of nitrogens with zero attached hydrogens (tertiary/aromatic N) is 1. The summed E-state index contributed by atoms with van der Waals surface area (Å²) in [5.41, 5.74) is 4.00. The lowest BCUT2D eigenvalue weighted by Crippen LogP contribution is -2.37.